The van der Waals surface area contributed by atoms with Crippen molar-refractivity contribution in [1.29, 1.82) is 0 Å². The van der Waals surface area contributed by atoms with Crippen LogP contribution in [0.25, 0.3) is 0 Å². The second-order valence-corrected chi connectivity index (χ2v) is 2.82. The molecule has 0 atom stereocenters. The van der Waals surface area contributed by atoms with Crippen molar-refractivity contribution in [3.63, 3.8) is 0 Å². The zero-order chi connectivity index (χ0) is 7.11. The van der Waals surface area contributed by atoms with Gasteiger partial charge in [0.15, 0.2) is 0 Å². The maximum Gasteiger partial charge on any atom is 0.0488 e. The summed E-state index contributed by atoms with van der Waals surface area (Å²) in [6.45, 7) is 8.38. The van der Waals surface area contributed by atoms with E-state index < -0.39 is 0 Å². The van der Waals surface area contributed by atoms with Crippen LogP contribution in [0.4, 0.5) is 0 Å². The fourth-order valence-electron chi connectivity index (χ4n) is 0.565. The van der Waals surface area contributed by atoms with Crippen molar-refractivity contribution in [1.82, 2.24) is 0 Å². The average molecular weight is 130 g/mol. The van der Waals surface area contributed by atoms with Gasteiger partial charge in [0.05, 0.1) is 0 Å². The predicted octanol–water partition coefficient (Wildman–Crippen LogP) is 2.46. The van der Waals surface area contributed by atoms with Crippen molar-refractivity contribution in [3.05, 3.63) is 0 Å². The molecule has 0 aromatic rings. The lowest BCUT2D eigenvalue weighted by Crippen LogP contribution is -2.02. The first-order chi connectivity index (χ1) is 4.27. The molecule has 0 aromatic heterocycles. The quantitative estimate of drug-likeness (QED) is 0.519. The fraction of sp³-hybridized carbons (Fsp3) is 1.00. The highest BCUT2D eigenvalue weighted by atomic mass is 16.5. The first kappa shape index (κ1) is 8.96. The van der Waals surface area contributed by atoms with Gasteiger partial charge >= 0.3 is 0 Å². The van der Waals surface area contributed by atoms with Crippen molar-refractivity contribution in [2.24, 2.45) is 5.92 Å². The van der Waals surface area contributed by atoms with Gasteiger partial charge in [-0.05, 0) is 12.3 Å². The summed E-state index contributed by atoms with van der Waals surface area (Å²) < 4.78 is 5.34. The van der Waals surface area contributed by atoms with Gasteiger partial charge in [-0.1, -0.05) is 27.2 Å². The molecule has 0 aliphatic carbocycles. The summed E-state index contributed by atoms with van der Waals surface area (Å²) in [6.07, 6.45) is 2.44. The van der Waals surface area contributed by atoms with Crippen molar-refractivity contribution >= 4 is 0 Å². The third-order valence-corrected chi connectivity index (χ3v) is 1.09. The molecule has 1 heteroatoms. The van der Waals surface area contributed by atoms with Gasteiger partial charge in [0.25, 0.3) is 0 Å². The Labute approximate surface area is 58.4 Å². The van der Waals surface area contributed by atoms with Crippen molar-refractivity contribution in [3.8, 4) is 0 Å². The Morgan fingerprint density at radius 3 is 2.44 bits per heavy atom. The topological polar surface area (TPSA) is 9.23 Å². The van der Waals surface area contributed by atoms with Crippen LogP contribution in [0, 0.1) is 5.92 Å². The van der Waals surface area contributed by atoms with Crippen molar-refractivity contribution in [2.45, 2.75) is 33.6 Å². The highest BCUT2D eigenvalue weighted by Crippen LogP contribution is 1.94. The van der Waals surface area contributed by atoms with Crippen LogP contribution in [0.3, 0.4) is 0 Å². The van der Waals surface area contributed by atoms with Gasteiger partial charge in [0.2, 0.25) is 0 Å². The maximum atomic E-state index is 5.34. The lowest BCUT2D eigenvalue weighted by molar-refractivity contribution is 0.107. The summed E-state index contributed by atoms with van der Waals surface area (Å²) in [7, 11) is 0. The molecule has 0 heterocycles. The summed E-state index contributed by atoms with van der Waals surface area (Å²) in [5.74, 6) is 0.682. The van der Waals surface area contributed by atoms with Crippen LogP contribution in [0.2, 0.25) is 0 Å². The summed E-state index contributed by atoms with van der Waals surface area (Å²) in [5.41, 5.74) is 0. The first-order valence-electron chi connectivity index (χ1n) is 3.85. The zero-order valence-corrected chi connectivity index (χ0v) is 6.81. The Morgan fingerprint density at radius 1 is 1.33 bits per heavy atom. The molecule has 0 unspecified atom stereocenters. The van der Waals surface area contributed by atoms with Crippen molar-refractivity contribution < 1.29 is 4.74 Å². The highest BCUT2D eigenvalue weighted by molar-refractivity contribution is 4.39. The monoisotopic (exact) mass is 130 g/mol. The Balaban J connectivity index is 2.75. The minimum atomic E-state index is 0.682. The van der Waals surface area contributed by atoms with Crippen LogP contribution < -0.4 is 0 Å². The van der Waals surface area contributed by atoms with Crippen LogP contribution in [0.15, 0.2) is 0 Å². The van der Waals surface area contributed by atoms with Crippen LogP contribution in [0.1, 0.15) is 33.6 Å². The zero-order valence-electron chi connectivity index (χ0n) is 6.81. The van der Waals surface area contributed by atoms with Crippen LogP contribution in [-0.4, -0.2) is 13.2 Å². The van der Waals surface area contributed by atoms with Gasteiger partial charge in [0, 0.05) is 13.2 Å². The molecule has 0 spiro atoms. The predicted molar refractivity (Wildman–Crippen MR) is 40.6 cm³/mol. The molecule has 0 rings (SSSR count). The molecule has 0 radical (unpaired) electrons. The molecule has 0 fully saturated rings. The van der Waals surface area contributed by atoms with Gasteiger partial charge in [-0.25, -0.2) is 0 Å². The van der Waals surface area contributed by atoms with E-state index in [1.165, 1.54) is 12.8 Å². The lowest BCUT2D eigenvalue weighted by Gasteiger charge is -2.04. The van der Waals surface area contributed by atoms with E-state index in [1.54, 1.807) is 0 Å². The Bertz CT molecular complexity index is 50.5. The summed E-state index contributed by atoms with van der Waals surface area (Å²) in [6, 6.07) is 0. The lowest BCUT2D eigenvalue weighted by atomic mass is 10.2. The number of hydrogen-bond donors (Lipinski definition) is 0. The fourth-order valence-corrected chi connectivity index (χ4v) is 0.565. The second kappa shape index (κ2) is 6.09. The third-order valence-electron chi connectivity index (χ3n) is 1.09. The minimum absolute atomic E-state index is 0.682. The highest BCUT2D eigenvalue weighted by Gasteiger charge is 1.91. The standard InChI is InChI=1S/C8H18O/c1-4-5-6-9-7-8(2)3/h8H,4-7H2,1-3H3. The van der Waals surface area contributed by atoms with E-state index >= 15 is 0 Å². The molecular weight excluding hydrogens is 112 g/mol. The van der Waals surface area contributed by atoms with Crippen LogP contribution in [0.5, 0.6) is 0 Å². The molecule has 1 nitrogen and oxygen atoms in total. The molecule has 0 aromatic carbocycles. The Kier molecular flexibility index (Phi) is 6.06. The molecule has 0 aliphatic rings. The Morgan fingerprint density at radius 2 is 2.00 bits per heavy atom. The van der Waals surface area contributed by atoms with Gasteiger partial charge in [-0.3, -0.25) is 0 Å². The van der Waals surface area contributed by atoms with E-state index in [0.29, 0.717) is 5.92 Å². The molecule has 0 N–H and O–H groups in total. The van der Waals surface area contributed by atoms with E-state index in [2.05, 4.69) is 20.8 Å². The third kappa shape index (κ3) is 7.96. The van der Waals surface area contributed by atoms with Gasteiger partial charge in [0.1, 0.15) is 0 Å². The number of rotatable bonds is 5. The van der Waals surface area contributed by atoms with E-state index in [9.17, 15) is 0 Å². The SMILES string of the molecule is CCCCOCC(C)C. The first-order valence-corrected chi connectivity index (χ1v) is 3.85. The van der Waals surface area contributed by atoms with Crippen molar-refractivity contribution in [2.75, 3.05) is 13.2 Å². The maximum absolute atomic E-state index is 5.34. The van der Waals surface area contributed by atoms with Gasteiger partial charge < -0.3 is 4.74 Å². The molecule has 0 saturated heterocycles. The number of hydrogen-bond acceptors (Lipinski definition) is 1. The molecule has 0 bridgehead atoms. The average Bonchev–Trinajstić information content (AvgIpc) is 1.80. The summed E-state index contributed by atoms with van der Waals surface area (Å²) >= 11 is 0. The molecule has 56 valence electrons. The molecule has 0 saturated carbocycles. The van der Waals surface area contributed by atoms with Crippen LogP contribution in [-0.2, 0) is 4.74 Å². The molecular formula is C8H18O. The largest absolute Gasteiger partial charge is 0.381 e. The van der Waals surface area contributed by atoms with Gasteiger partial charge in [-0.15, -0.1) is 0 Å². The second-order valence-electron chi connectivity index (χ2n) is 2.82. The summed E-state index contributed by atoms with van der Waals surface area (Å²) in [4.78, 5) is 0. The molecule has 9 heavy (non-hydrogen) atoms. The van der Waals surface area contributed by atoms with Crippen LogP contribution >= 0.6 is 0 Å². The molecule has 0 amide bonds. The van der Waals surface area contributed by atoms with E-state index in [-0.39, 0.29) is 0 Å². The normalized spacial score (nSPS) is 10.7. The Hall–Kier alpha value is -0.0400. The minimum Gasteiger partial charge on any atom is -0.381 e. The number of ether oxygens (including phenoxy) is 1. The molecule has 0 aliphatic heterocycles. The smallest absolute Gasteiger partial charge is 0.0488 e. The van der Waals surface area contributed by atoms with E-state index in [1.807, 2.05) is 0 Å². The van der Waals surface area contributed by atoms with E-state index in [4.69, 9.17) is 4.74 Å². The number of unbranched alkanes of at least 4 members (excludes halogenated alkanes) is 1. The summed E-state index contributed by atoms with van der Waals surface area (Å²) in [5, 5.41) is 0. The van der Waals surface area contributed by atoms with E-state index in [0.717, 1.165) is 13.2 Å². The van der Waals surface area contributed by atoms with Gasteiger partial charge in [-0.2, -0.15) is 0 Å².